The van der Waals surface area contributed by atoms with Gasteiger partial charge in [-0.2, -0.15) is 0 Å². The average Bonchev–Trinajstić information content (AvgIpc) is 2.38. The number of likely N-dealkylation sites (N-methyl/N-ethyl adjacent to an activating group) is 1. The molecule has 5 heteroatoms. The van der Waals surface area contributed by atoms with Crippen molar-refractivity contribution in [3.63, 3.8) is 0 Å². The molecule has 2 N–H and O–H groups in total. The molecule has 0 aliphatic heterocycles. The van der Waals surface area contributed by atoms with Gasteiger partial charge in [-0.25, -0.2) is 0 Å². The molecule has 1 rings (SSSR count). The van der Waals surface area contributed by atoms with Crippen molar-refractivity contribution in [2.45, 2.75) is 19.4 Å². The Labute approximate surface area is 113 Å². The van der Waals surface area contributed by atoms with E-state index < -0.39 is 6.10 Å². The second kappa shape index (κ2) is 6.83. The fraction of sp³-hybridized carbons (Fsp3) is 0.538. The monoisotopic (exact) mass is 273 g/mol. The molecule has 1 atom stereocenters. The van der Waals surface area contributed by atoms with Gasteiger partial charge >= 0.3 is 0 Å². The molecule has 0 radical (unpaired) electrons. The second-order valence-electron chi connectivity index (χ2n) is 3.93. The molecule has 0 amide bonds. The lowest BCUT2D eigenvalue weighted by Gasteiger charge is -2.20. The lowest BCUT2D eigenvalue weighted by atomic mass is 10.0. The Kier molecular flexibility index (Phi) is 5.72. The topological polar surface area (TPSA) is 50.7 Å². The van der Waals surface area contributed by atoms with Crippen molar-refractivity contribution >= 4 is 11.6 Å². The van der Waals surface area contributed by atoms with E-state index in [2.05, 4.69) is 5.32 Å². The van der Waals surface area contributed by atoms with Gasteiger partial charge in [0.1, 0.15) is 0 Å². The molecule has 0 heterocycles. The second-order valence-corrected chi connectivity index (χ2v) is 4.30. The number of nitrogens with one attached hydrogen (secondary N) is 1. The van der Waals surface area contributed by atoms with Gasteiger partial charge in [-0.3, -0.25) is 0 Å². The maximum Gasteiger partial charge on any atom is 0.168 e. The summed E-state index contributed by atoms with van der Waals surface area (Å²) in [5.74, 6) is 1.08. The standard InChI is InChI=1S/C13H20ClNO3/c1-5-8-6-10(17-3)13(18-4)11(12(8)14)9(16)7-15-2/h6,9,15-16H,5,7H2,1-4H3. The van der Waals surface area contributed by atoms with Gasteiger partial charge in [0.15, 0.2) is 11.5 Å². The predicted molar refractivity (Wildman–Crippen MR) is 72.8 cm³/mol. The quantitative estimate of drug-likeness (QED) is 0.834. The van der Waals surface area contributed by atoms with Gasteiger partial charge in [-0.15, -0.1) is 0 Å². The van der Waals surface area contributed by atoms with Gasteiger partial charge in [-0.1, -0.05) is 18.5 Å². The third-order valence-electron chi connectivity index (χ3n) is 2.83. The van der Waals surface area contributed by atoms with Gasteiger partial charge in [-0.05, 0) is 25.1 Å². The lowest BCUT2D eigenvalue weighted by molar-refractivity contribution is 0.172. The number of ether oxygens (including phenoxy) is 2. The summed E-state index contributed by atoms with van der Waals surface area (Å²) in [6, 6.07) is 1.84. The first-order valence-electron chi connectivity index (χ1n) is 5.86. The number of halogens is 1. The number of benzene rings is 1. The summed E-state index contributed by atoms with van der Waals surface area (Å²) in [5.41, 5.74) is 1.50. The molecule has 0 spiro atoms. The van der Waals surface area contributed by atoms with Crippen LogP contribution in [-0.4, -0.2) is 32.9 Å². The van der Waals surface area contributed by atoms with Crippen LogP contribution >= 0.6 is 11.6 Å². The van der Waals surface area contributed by atoms with Crippen LogP contribution in [0.5, 0.6) is 11.5 Å². The summed E-state index contributed by atoms with van der Waals surface area (Å²) < 4.78 is 10.6. The Morgan fingerprint density at radius 3 is 2.50 bits per heavy atom. The first-order valence-corrected chi connectivity index (χ1v) is 6.24. The van der Waals surface area contributed by atoms with Crippen LogP contribution in [0.1, 0.15) is 24.2 Å². The summed E-state index contributed by atoms with van der Waals surface area (Å²) in [6.45, 7) is 2.40. The van der Waals surface area contributed by atoms with Gasteiger partial charge in [0.05, 0.1) is 25.3 Å². The van der Waals surface area contributed by atoms with E-state index in [1.165, 1.54) is 7.11 Å². The van der Waals surface area contributed by atoms with E-state index in [1.54, 1.807) is 14.2 Å². The Balaban J connectivity index is 3.42. The minimum Gasteiger partial charge on any atom is -0.493 e. The number of aliphatic hydroxyl groups excluding tert-OH is 1. The third-order valence-corrected chi connectivity index (χ3v) is 3.27. The number of methoxy groups -OCH3 is 2. The summed E-state index contributed by atoms with van der Waals surface area (Å²) in [7, 11) is 4.87. The van der Waals surface area contributed by atoms with Crippen molar-refractivity contribution in [3.8, 4) is 11.5 Å². The van der Waals surface area contributed by atoms with E-state index >= 15 is 0 Å². The molecule has 0 aliphatic carbocycles. The van der Waals surface area contributed by atoms with Gasteiger partial charge < -0.3 is 19.9 Å². The molecular weight excluding hydrogens is 254 g/mol. The largest absolute Gasteiger partial charge is 0.493 e. The maximum atomic E-state index is 10.2. The highest BCUT2D eigenvalue weighted by Crippen LogP contribution is 2.42. The number of aliphatic hydroxyl groups is 1. The lowest BCUT2D eigenvalue weighted by Crippen LogP contribution is -2.18. The SMILES string of the molecule is CCc1cc(OC)c(OC)c(C(O)CNC)c1Cl. The van der Waals surface area contributed by atoms with Crippen molar-refractivity contribution in [2.24, 2.45) is 0 Å². The Morgan fingerprint density at radius 2 is 2.06 bits per heavy atom. The number of aryl methyl sites for hydroxylation is 1. The van der Waals surface area contributed by atoms with Crippen molar-refractivity contribution in [2.75, 3.05) is 27.8 Å². The van der Waals surface area contributed by atoms with E-state index in [4.69, 9.17) is 21.1 Å². The van der Waals surface area contributed by atoms with Crippen LogP contribution in [0.2, 0.25) is 5.02 Å². The molecule has 1 aromatic rings. The minimum atomic E-state index is -0.738. The van der Waals surface area contributed by atoms with E-state index in [1.807, 2.05) is 13.0 Å². The van der Waals surface area contributed by atoms with Crippen molar-refractivity contribution in [1.29, 1.82) is 0 Å². The van der Waals surface area contributed by atoms with Crippen LogP contribution in [0.15, 0.2) is 6.07 Å². The zero-order valence-corrected chi connectivity index (χ0v) is 12.0. The highest BCUT2D eigenvalue weighted by molar-refractivity contribution is 6.32. The smallest absolute Gasteiger partial charge is 0.168 e. The first kappa shape index (κ1) is 15.1. The van der Waals surface area contributed by atoms with Crippen LogP contribution in [0.25, 0.3) is 0 Å². The Bertz CT molecular complexity index is 410. The van der Waals surface area contributed by atoms with E-state index in [-0.39, 0.29) is 0 Å². The fourth-order valence-electron chi connectivity index (χ4n) is 1.90. The van der Waals surface area contributed by atoms with E-state index in [9.17, 15) is 5.11 Å². The first-order chi connectivity index (χ1) is 8.60. The minimum absolute atomic E-state index is 0.395. The highest BCUT2D eigenvalue weighted by Gasteiger charge is 2.23. The molecule has 0 saturated heterocycles. The van der Waals surface area contributed by atoms with Gasteiger partial charge in [0.25, 0.3) is 0 Å². The summed E-state index contributed by atoms with van der Waals surface area (Å²) in [6.07, 6.45) is 0.0243. The zero-order valence-electron chi connectivity index (χ0n) is 11.2. The number of rotatable bonds is 6. The highest BCUT2D eigenvalue weighted by atomic mass is 35.5. The Morgan fingerprint density at radius 1 is 1.39 bits per heavy atom. The predicted octanol–water partition coefficient (Wildman–Crippen LogP) is 2.17. The molecule has 4 nitrogen and oxygen atoms in total. The van der Waals surface area contributed by atoms with Crippen LogP contribution in [0.3, 0.4) is 0 Å². The molecule has 0 saturated carbocycles. The van der Waals surface area contributed by atoms with Crippen molar-refractivity contribution in [1.82, 2.24) is 5.32 Å². The molecule has 18 heavy (non-hydrogen) atoms. The maximum absolute atomic E-state index is 10.2. The number of hydrogen-bond donors (Lipinski definition) is 2. The summed E-state index contributed by atoms with van der Waals surface area (Å²) in [4.78, 5) is 0. The van der Waals surface area contributed by atoms with Gasteiger partial charge in [0.2, 0.25) is 0 Å². The Hall–Kier alpha value is -0.970. The molecule has 1 aromatic carbocycles. The van der Waals surface area contributed by atoms with Crippen LogP contribution in [0.4, 0.5) is 0 Å². The third kappa shape index (κ3) is 2.88. The molecule has 1 unspecified atom stereocenters. The average molecular weight is 274 g/mol. The van der Waals surface area contributed by atoms with Crippen LogP contribution < -0.4 is 14.8 Å². The zero-order chi connectivity index (χ0) is 13.7. The van der Waals surface area contributed by atoms with Crippen LogP contribution in [-0.2, 0) is 6.42 Å². The molecule has 0 aromatic heterocycles. The molecule has 102 valence electrons. The molecule has 0 fully saturated rings. The van der Waals surface area contributed by atoms with E-state index in [0.717, 1.165) is 12.0 Å². The van der Waals surface area contributed by atoms with E-state index in [0.29, 0.717) is 28.6 Å². The number of hydrogen-bond acceptors (Lipinski definition) is 4. The normalized spacial score (nSPS) is 12.3. The molecule has 0 bridgehead atoms. The summed E-state index contributed by atoms with van der Waals surface area (Å²) >= 11 is 6.33. The van der Waals surface area contributed by atoms with Crippen LogP contribution in [0, 0.1) is 0 Å². The van der Waals surface area contributed by atoms with Crippen molar-refractivity contribution < 1.29 is 14.6 Å². The molecular formula is C13H20ClNO3. The van der Waals surface area contributed by atoms with Gasteiger partial charge in [0, 0.05) is 12.1 Å². The summed E-state index contributed by atoms with van der Waals surface area (Å²) in [5, 5.41) is 13.6. The van der Waals surface area contributed by atoms with Crippen molar-refractivity contribution in [3.05, 3.63) is 22.2 Å². The fourth-order valence-corrected chi connectivity index (χ4v) is 2.30. The molecule has 0 aliphatic rings.